The van der Waals surface area contributed by atoms with Crippen molar-refractivity contribution in [2.75, 3.05) is 6.54 Å². The number of carbonyl (C=O) groups excluding carboxylic acids is 1. The second kappa shape index (κ2) is 5.80. The molecular formula is C14H10FN3O2. The maximum atomic E-state index is 12.9. The normalized spacial score (nSPS) is 9.80. The number of carbonyl (C=O) groups is 1. The number of halogens is 1. The Morgan fingerprint density at radius 2 is 2.00 bits per heavy atom. The van der Waals surface area contributed by atoms with E-state index in [0.717, 1.165) is 4.68 Å². The molecule has 2 rings (SSSR count). The Balaban J connectivity index is 2.39. The molecule has 0 aliphatic heterocycles. The van der Waals surface area contributed by atoms with Gasteiger partial charge >= 0.3 is 0 Å². The van der Waals surface area contributed by atoms with Gasteiger partial charge in [-0.3, -0.25) is 9.59 Å². The molecule has 0 atom stereocenters. The summed E-state index contributed by atoms with van der Waals surface area (Å²) in [5.41, 5.74) is -0.0164. The highest BCUT2D eigenvalue weighted by Crippen LogP contribution is 2.05. The van der Waals surface area contributed by atoms with Gasteiger partial charge in [0.2, 0.25) is 0 Å². The van der Waals surface area contributed by atoms with E-state index in [1.807, 2.05) is 0 Å². The zero-order chi connectivity index (χ0) is 14.5. The number of terminal acetylenes is 1. The van der Waals surface area contributed by atoms with Crippen molar-refractivity contribution in [3.05, 3.63) is 58.3 Å². The number of benzene rings is 1. The fraction of sp³-hybridized carbons (Fsp3) is 0.0714. The molecule has 0 fully saturated rings. The van der Waals surface area contributed by atoms with Crippen LogP contribution in [0.15, 0.2) is 41.2 Å². The Bertz CT molecular complexity index is 729. The molecule has 1 amide bonds. The molecule has 1 heterocycles. The molecule has 2 aromatic rings. The van der Waals surface area contributed by atoms with Crippen molar-refractivity contribution < 1.29 is 9.18 Å². The zero-order valence-electron chi connectivity index (χ0n) is 10.3. The first-order valence-corrected chi connectivity index (χ1v) is 5.70. The standard InChI is InChI=1S/C14H10FN3O2/c1-2-9-16-14(20)12-7-8-13(19)18(17-12)11-5-3-10(15)4-6-11/h1,3-8H,9H2,(H,16,20). The number of rotatable bonds is 3. The number of hydrogen-bond acceptors (Lipinski definition) is 3. The van der Waals surface area contributed by atoms with Gasteiger partial charge in [-0.1, -0.05) is 5.92 Å². The predicted molar refractivity (Wildman–Crippen MR) is 71.0 cm³/mol. The van der Waals surface area contributed by atoms with Crippen molar-refractivity contribution in [1.82, 2.24) is 15.1 Å². The van der Waals surface area contributed by atoms with E-state index in [0.29, 0.717) is 5.69 Å². The lowest BCUT2D eigenvalue weighted by molar-refractivity contribution is 0.0952. The third-order valence-electron chi connectivity index (χ3n) is 2.46. The first-order chi connectivity index (χ1) is 9.61. The molecule has 0 spiro atoms. The Morgan fingerprint density at radius 1 is 1.30 bits per heavy atom. The van der Waals surface area contributed by atoms with Crippen LogP contribution in [0.25, 0.3) is 5.69 Å². The molecule has 20 heavy (non-hydrogen) atoms. The summed E-state index contributed by atoms with van der Waals surface area (Å²) < 4.78 is 13.9. The SMILES string of the molecule is C#CCNC(=O)c1ccc(=O)n(-c2ccc(F)cc2)n1. The monoisotopic (exact) mass is 271 g/mol. The predicted octanol–water partition coefficient (Wildman–Crippen LogP) is 0.735. The third-order valence-corrected chi connectivity index (χ3v) is 2.46. The first-order valence-electron chi connectivity index (χ1n) is 5.70. The number of nitrogens with one attached hydrogen (secondary N) is 1. The van der Waals surface area contributed by atoms with Crippen LogP contribution in [-0.2, 0) is 0 Å². The fourth-order valence-electron chi connectivity index (χ4n) is 1.52. The molecule has 0 radical (unpaired) electrons. The third kappa shape index (κ3) is 2.90. The second-order valence-corrected chi connectivity index (χ2v) is 3.83. The van der Waals surface area contributed by atoms with Gasteiger partial charge in [-0.25, -0.2) is 4.39 Å². The second-order valence-electron chi connectivity index (χ2n) is 3.83. The lowest BCUT2D eigenvalue weighted by Gasteiger charge is -2.06. The van der Waals surface area contributed by atoms with Gasteiger partial charge in [-0.05, 0) is 30.3 Å². The van der Waals surface area contributed by atoms with Gasteiger partial charge in [0.25, 0.3) is 11.5 Å². The highest BCUT2D eigenvalue weighted by molar-refractivity contribution is 5.92. The Labute approximate surface area is 114 Å². The number of aromatic nitrogens is 2. The summed E-state index contributed by atoms with van der Waals surface area (Å²) in [6.45, 7) is 0.0657. The molecule has 5 nitrogen and oxygen atoms in total. The van der Waals surface area contributed by atoms with Crippen LogP contribution in [-0.4, -0.2) is 22.2 Å². The number of nitrogens with zero attached hydrogens (tertiary/aromatic N) is 2. The Kier molecular flexibility index (Phi) is 3.91. The molecule has 1 aromatic heterocycles. The van der Waals surface area contributed by atoms with Crippen LogP contribution in [0.1, 0.15) is 10.5 Å². The number of amides is 1. The quantitative estimate of drug-likeness (QED) is 0.837. The Morgan fingerprint density at radius 3 is 2.65 bits per heavy atom. The van der Waals surface area contributed by atoms with Crippen molar-refractivity contribution in [1.29, 1.82) is 0 Å². The van der Waals surface area contributed by atoms with Crippen LogP contribution in [0.4, 0.5) is 4.39 Å². The number of hydrogen-bond donors (Lipinski definition) is 1. The van der Waals surface area contributed by atoms with Gasteiger partial charge in [0, 0.05) is 6.07 Å². The average Bonchev–Trinajstić information content (AvgIpc) is 2.46. The van der Waals surface area contributed by atoms with Crippen molar-refractivity contribution in [3.8, 4) is 18.0 Å². The molecule has 0 saturated carbocycles. The maximum Gasteiger partial charge on any atom is 0.272 e. The summed E-state index contributed by atoms with van der Waals surface area (Å²) in [7, 11) is 0. The van der Waals surface area contributed by atoms with Crippen molar-refractivity contribution in [2.24, 2.45) is 0 Å². The van der Waals surface area contributed by atoms with Gasteiger partial charge in [-0.2, -0.15) is 9.78 Å². The lowest BCUT2D eigenvalue weighted by atomic mass is 10.3. The van der Waals surface area contributed by atoms with Gasteiger partial charge < -0.3 is 5.32 Å². The van der Waals surface area contributed by atoms with Crippen LogP contribution in [0.3, 0.4) is 0 Å². The molecule has 100 valence electrons. The summed E-state index contributed by atoms with van der Waals surface area (Å²) >= 11 is 0. The minimum atomic E-state index is -0.487. The van der Waals surface area contributed by atoms with Gasteiger partial charge in [0.15, 0.2) is 0 Å². The van der Waals surface area contributed by atoms with E-state index >= 15 is 0 Å². The van der Waals surface area contributed by atoms with Crippen LogP contribution in [0.5, 0.6) is 0 Å². The zero-order valence-corrected chi connectivity index (χ0v) is 10.3. The van der Waals surface area contributed by atoms with Crippen LogP contribution >= 0.6 is 0 Å². The molecule has 1 aromatic carbocycles. The van der Waals surface area contributed by atoms with E-state index in [1.54, 1.807) is 0 Å². The van der Waals surface area contributed by atoms with Gasteiger partial charge in [-0.15, -0.1) is 6.42 Å². The van der Waals surface area contributed by atoms with Crippen LogP contribution in [0.2, 0.25) is 0 Å². The molecule has 0 saturated heterocycles. The molecule has 1 N–H and O–H groups in total. The van der Waals surface area contributed by atoms with Crippen molar-refractivity contribution in [2.45, 2.75) is 0 Å². The van der Waals surface area contributed by atoms with Gasteiger partial charge in [0.1, 0.15) is 11.5 Å². The molecule has 0 unspecified atom stereocenters. The minimum absolute atomic E-state index is 0.0455. The summed E-state index contributed by atoms with van der Waals surface area (Å²) in [4.78, 5) is 23.4. The van der Waals surface area contributed by atoms with Crippen molar-refractivity contribution >= 4 is 5.91 Å². The highest BCUT2D eigenvalue weighted by Gasteiger charge is 2.09. The molecule has 0 bridgehead atoms. The van der Waals surface area contributed by atoms with E-state index in [4.69, 9.17) is 6.42 Å². The van der Waals surface area contributed by atoms with E-state index in [2.05, 4.69) is 16.3 Å². The summed E-state index contributed by atoms with van der Waals surface area (Å²) in [5.74, 6) is 1.35. The van der Waals surface area contributed by atoms with Crippen LogP contribution < -0.4 is 10.9 Å². The topological polar surface area (TPSA) is 64.0 Å². The fourth-order valence-corrected chi connectivity index (χ4v) is 1.52. The average molecular weight is 271 g/mol. The molecule has 0 aliphatic rings. The summed E-state index contributed by atoms with van der Waals surface area (Å²) in [6.07, 6.45) is 5.04. The summed E-state index contributed by atoms with van der Waals surface area (Å²) in [5, 5.41) is 6.37. The van der Waals surface area contributed by atoms with Crippen LogP contribution in [0, 0.1) is 18.2 Å². The van der Waals surface area contributed by atoms with Crippen molar-refractivity contribution in [3.63, 3.8) is 0 Å². The molecular weight excluding hydrogens is 261 g/mol. The maximum absolute atomic E-state index is 12.9. The van der Waals surface area contributed by atoms with E-state index < -0.39 is 17.3 Å². The lowest BCUT2D eigenvalue weighted by Crippen LogP contribution is -2.29. The molecule has 6 heteroatoms. The molecule has 0 aliphatic carbocycles. The smallest absolute Gasteiger partial charge is 0.272 e. The van der Waals surface area contributed by atoms with E-state index in [1.165, 1.54) is 36.4 Å². The minimum Gasteiger partial charge on any atom is -0.340 e. The highest BCUT2D eigenvalue weighted by atomic mass is 19.1. The largest absolute Gasteiger partial charge is 0.340 e. The van der Waals surface area contributed by atoms with Gasteiger partial charge in [0.05, 0.1) is 12.2 Å². The van der Waals surface area contributed by atoms with E-state index in [9.17, 15) is 14.0 Å². The first kappa shape index (κ1) is 13.5. The van der Waals surface area contributed by atoms with E-state index in [-0.39, 0.29) is 12.2 Å². The summed E-state index contributed by atoms with van der Waals surface area (Å²) in [6, 6.07) is 7.71. The Hall–Kier alpha value is -2.94.